The Balaban J connectivity index is 1.73. The molecule has 2 rings (SSSR count). The van der Waals surface area contributed by atoms with Crippen LogP contribution in [0.3, 0.4) is 0 Å². The lowest BCUT2D eigenvalue weighted by molar-refractivity contribution is 0.108. The van der Waals surface area contributed by atoms with Crippen LogP contribution >= 0.6 is 0 Å². The first kappa shape index (κ1) is 18.6. The van der Waals surface area contributed by atoms with Crippen LogP contribution in [-0.2, 0) is 0 Å². The number of aryl methyl sites for hydroxylation is 2. The number of hydrogen-bond acceptors (Lipinski definition) is 4. The first-order valence-electron chi connectivity index (χ1n) is 8.04. The van der Waals surface area contributed by atoms with E-state index in [2.05, 4.69) is 10.6 Å². The summed E-state index contributed by atoms with van der Waals surface area (Å²) < 4.78 is 10.5. The summed E-state index contributed by atoms with van der Waals surface area (Å²) in [6.45, 7) is 4.11. The van der Waals surface area contributed by atoms with Gasteiger partial charge in [-0.25, -0.2) is 4.79 Å². The summed E-state index contributed by atoms with van der Waals surface area (Å²) in [6.07, 6.45) is -0.813. The Labute approximate surface area is 147 Å². The van der Waals surface area contributed by atoms with Crippen LogP contribution in [0.4, 0.5) is 10.5 Å². The maximum atomic E-state index is 11.9. The predicted octanol–water partition coefficient (Wildman–Crippen LogP) is 2.87. The first-order chi connectivity index (χ1) is 12.0. The van der Waals surface area contributed by atoms with Gasteiger partial charge in [0, 0.05) is 12.2 Å². The van der Waals surface area contributed by atoms with Crippen LogP contribution in [-0.4, -0.2) is 37.5 Å². The number of ether oxygens (including phenoxy) is 2. The third-order valence-electron chi connectivity index (χ3n) is 3.48. The van der Waals surface area contributed by atoms with Crippen LogP contribution in [0.25, 0.3) is 0 Å². The fourth-order valence-electron chi connectivity index (χ4n) is 2.36. The van der Waals surface area contributed by atoms with Gasteiger partial charge in [0.1, 0.15) is 24.2 Å². The molecule has 0 bridgehead atoms. The van der Waals surface area contributed by atoms with Crippen molar-refractivity contribution in [2.45, 2.75) is 20.0 Å². The molecule has 6 nitrogen and oxygen atoms in total. The van der Waals surface area contributed by atoms with Crippen molar-refractivity contribution in [2.75, 3.05) is 25.6 Å². The molecular formula is C19H24N2O4. The molecule has 0 radical (unpaired) electrons. The maximum absolute atomic E-state index is 11.9. The predicted molar refractivity (Wildman–Crippen MR) is 97.4 cm³/mol. The fraction of sp³-hybridized carbons (Fsp3) is 0.316. The third-order valence-corrected chi connectivity index (χ3v) is 3.48. The lowest BCUT2D eigenvalue weighted by Gasteiger charge is -2.14. The van der Waals surface area contributed by atoms with Crippen molar-refractivity contribution in [3.63, 3.8) is 0 Å². The zero-order valence-corrected chi connectivity index (χ0v) is 14.7. The summed E-state index contributed by atoms with van der Waals surface area (Å²) in [7, 11) is 1.59. The number of benzene rings is 2. The van der Waals surface area contributed by atoms with Gasteiger partial charge in [-0.3, -0.25) is 0 Å². The number of carbonyl (C=O) groups is 1. The number of amides is 2. The highest BCUT2D eigenvalue weighted by Gasteiger charge is 2.09. The van der Waals surface area contributed by atoms with Crippen LogP contribution in [0, 0.1) is 13.8 Å². The second-order valence-corrected chi connectivity index (χ2v) is 5.85. The largest absolute Gasteiger partial charge is 0.497 e. The minimum absolute atomic E-state index is 0.0795. The lowest BCUT2D eigenvalue weighted by atomic mass is 10.1. The van der Waals surface area contributed by atoms with Gasteiger partial charge in [0.05, 0.1) is 7.11 Å². The lowest BCUT2D eigenvalue weighted by Crippen LogP contribution is -2.37. The summed E-state index contributed by atoms with van der Waals surface area (Å²) in [5.41, 5.74) is 2.87. The molecule has 0 aliphatic heterocycles. The molecule has 1 atom stereocenters. The average molecular weight is 344 g/mol. The van der Waals surface area contributed by atoms with Gasteiger partial charge in [0.25, 0.3) is 0 Å². The highest BCUT2D eigenvalue weighted by molar-refractivity contribution is 5.89. The SMILES string of the molecule is COc1ccc(OC[C@@H](O)CNC(=O)Nc2cc(C)cc(C)c2)cc1. The monoisotopic (exact) mass is 344 g/mol. The van der Waals surface area contributed by atoms with Gasteiger partial charge in [-0.2, -0.15) is 0 Å². The smallest absolute Gasteiger partial charge is 0.319 e. The van der Waals surface area contributed by atoms with Gasteiger partial charge >= 0.3 is 6.03 Å². The van der Waals surface area contributed by atoms with Gasteiger partial charge in [0.2, 0.25) is 0 Å². The zero-order valence-electron chi connectivity index (χ0n) is 14.7. The van der Waals surface area contributed by atoms with Crippen LogP contribution < -0.4 is 20.1 Å². The number of anilines is 1. The maximum Gasteiger partial charge on any atom is 0.319 e. The molecule has 0 fully saturated rings. The molecule has 2 aromatic carbocycles. The number of aliphatic hydroxyl groups is 1. The topological polar surface area (TPSA) is 79.8 Å². The molecule has 0 aromatic heterocycles. The summed E-state index contributed by atoms with van der Waals surface area (Å²) in [5, 5.41) is 15.3. The Hall–Kier alpha value is -2.73. The van der Waals surface area contributed by atoms with E-state index in [0.29, 0.717) is 5.75 Å². The van der Waals surface area contributed by atoms with E-state index in [1.807, 2.05) is 32.0 Å². The van der Waals surface area contributed by atoms with E-state index in [9.17, 15) is 9.90 Å². The zero-order chi connectivity index (χ0) is 18.2. The molecule has 0 spiro atoms. The Bertz CT molecular complexity index is 681. The fourth-order valence-corrected chi connectivity index (χ4v) is 2.36. The molecule has 6 heteroatoms. The second-order valence-electron chi connectivity index (χ2n) is 5.85. The third kappa shape index (κ3) is 6.35. The van der Waals surface area contributed by atoms with Gasteiger partial charge in [-0.1, -0.05) is 6.07 Å². The average Bonchev–Trinajstić information content (AvgIpc) is 2.57. The molecule has 0 aliphatic carbocycles. The molecule has 0 aliphatic rings. The van der Waals surface area contributed by atoms with Crippen LogP contribution in [0.15, 0.2) is 42.5 Å². The van der Waals surface area contributed by atoms with E-state index < -0.39 is 6.10 Å². The molecule has 2 aromatic rings. The Morgan fingerprint density at radius 3 is 2.28 bits per heavy atom. The number of rotatable bonds is 7. The number of nitrogens with one attached hydrogen (secondary N) is 2. The Morgan fingerprint density at radius 1 is 1.08 bits per heavy atom. The van der Waals surface area contributed by atoms with Crippen molar-refractivity contribution < 1.29 is 19.4 Å². The van der Waals surface area contributed by atoms with Crippen molar-refractivity contribution in [3.05, 3.63) is 53.6 Å². The summed E-state index contributed by atoms with van der Waals surface area (Å²) in [4.78, 5) is 11.9. The van der Waals surface area contributed by atoms with Crippen LogP contribution in [0.5, 0.6) is 11.5 Å². The molecule has 0 saturated heterocycles. The van der Waals surface area contributed by atoms with E-state index >= 15 is 0 Å². The van der Waals surface area contributed by atoms with Crippen molar-refractivity contribution in [1.29, 1.82) is 0 Å². The summed E-state index contributed by atoms with van der Waals surface area (Å²) in [5.74, 6) is 1.36. The van der Waals surface area contributed by atoms with E-state index in [1.54, 1.807) is 31.4 Å². The normalized spacial score (nSPS) is 11.5. The number of hydrogen-bond donors (Lipinski definition) is 3. The van der Waals surface area contributed by atoms with Crippen molar-refractivity contribution >= 4 is 11.7 Å². The Kier molecular flexibility index (Phi) is 6.65. The van der Waals surface area contributed by atoms with E-state index in [-0.39, 0.29) is 19.2 Å². The summed E-state index contributed by atoms with van der Waals surface area (Å²) in [6, 6.07) is 12.5. The molecule has 3 N–H and O–H groups in total. The molecule has 134 valence electrons. The van der Waals surface area contributed by atoms with Crippen LogP contribution in [0.1, 0.15) is 11.1 Å². The van der Waals surface area contributed by atoms with E-state index in [0.717, 1.165) is 22.6 Å². The van der Waals surface area contributed by atoms with Gasteiger partial charge in [-0.15, -0.1) is 0 Å². The molecule has 25 heavy (non-hydrogen) atoms. The number of methoxy groups -OCH3 is 1. The highest BCUT2D eigenvalue weighted by atomic mass is 16.5. The van der Waals surface area contributed by atoms with Gasteiger partial charge < -0.3 is 25.2 Å². The minimum Gasteiger partial charge on any atom is -0.497 e. The van der Waals surface area contributed by atoms with Gasteiger partial charge in [-0.05, 0) is 61.4 Å². The van der Waals surface area contributed by atoms with Crippen molar-refractivity contribution in [1.82, 2.24) is 5.32 Å². The highest BCUT2D eigenvalue weighted by Crippen LogP contribution is 2.17. The number of urea groups is 1. The van der Waals surface area contributed by atoms with Crippen molar-refractivity contribution in [3.8, 4) is 11.5 Å². The first-order valence-corrected chi connectivity index (χ1v) is 8.04. The molecule has 0 saturated carbocycles. The standard InChI is InChI=1S/C19H24N2O4/c1-13-8-14(2)10-15(9-13)21-19(23)20-11-16(22)12-25-18-6-4-17(24-3)5-7-18/h4-10,16,22H,11-12H2,1-3H3,(H2,20,21,23)/t16-/m0/s1. The van der Waals surface area contributed by atoms with Crippen LogP contribution in [0.2, 0.25) is 0 Å². The van der Waals surface area contributed by atoms with Gasteiger partial charge in [0.15, 0.2) is 0 Å². The number of carbonyl (C=O) groups excluding carboxylic acids is 1. The molecule has 0 heterocycles. The second kappa shape index (κ2) is 8.94. The molecule has 0 unspecified atom stereocenters. The molecule has 2 amide bonds. The van der Waals surface area contributed by atoms with E-state index in [1.165, 1.54) is 0 Å². The van der Waals surface area contributed by atoms with Crippen molar-refractivity contribution in [2.24, 2.45) is 0 Å². The Morgan fingerprint density at radius 2 is 1.68 bits per heavy atom. The minimum atomic E-state index is -0.813. The van der Waals surface area contributed by atoms with E-state index in [4.69, 9.17) is 9.47 Å². The molecular weight excluding hydrogens is 320 g/mol. The quantitative estimate of drug-likeness (QED) is 0.721. The number of aliphatic hydroxyl groups excluding tert-OH is 1. The summed E-state index contributed by atoms with van der Waals surface area (Å²) >= 11 is 0.